The van der Waals surface area contributed by atoms with Crippen LogP contribution in [0.25, 0.3) is 0 Å². The van der Waals surface area contributed by atoms with Gasteiger partial charge in [0.2, 0.25) is 0 Å². The molecule has 6 fully saturated rings. The van der Waals surface area contributed by atoms with Crippen LogP contribution in [0.5, 0.6) is 0 Å². The van der Waals surface area contributed by atoms with Crippen molar-refractivity contribution >= 4 is 5.97 Å². The summed E-state index contributed by atoms with van der Waals surface area (Å²) < 4.78 is 76.3. The molecule has 19 N–H and O–H groups in total. The molecule has 33 atom stereocenters. The average Bonchev–Trinajstić information content (AvgIpc) is 0.780. The van der Waals surface area contributed by atoms with Crippen LogP contribution in [-0.4, -0.2) is 338 Å². The van der Waals surface area contributed by atoms with E-state index in [0.29, 0.717) is 64.2 Å². The molecule has 0 amide bonds. The number of allylic oxidation sites excluding steroid dienone is 8. The third kappa shape index (κ3) is 26.1. The molecular formula is C76H124O33. The number of carbonyl (C=O) groups excluding carboxylic acids is 1. The fourth-order valence-electron chi connectivity index (χ4n) is 13.3. The Morgan fingerprint density at radius 3 is 1.33 bits per heavy atom. The number of hydrogen-bond acceptors (Lipinski definition) is 33. The molecule has 626 valence electrons. The largest absolute Gasteiger partial charge is 0.453 e. The summed E-state index contributed by atoms with van der Waals surface area (Å²) in [5, 5.41) is 202. The Balaban J connectivity index is 0.995. The van der Waals surface area contributed by atoms with Gasteiger partial charge in [-0.1, -0.05) is 70.4 Å². The number of carbonyl (C=O) groups is 1. The van der Waals surface area contributed by atoms with E-state index in [1.54, 1.807) is 26.8 Å². The minimum Gasteiger partial charge on any atom is -0.453 e. The smallest absolute Gasteiger partial charge is 0.333 e. The van der Waals surface area contributed by atoms with Gasteiger partial charge in [-0.3, -0.25) is 0 Å². The molecule has 0 aromatic heterocycles. The zero-order valence-electron chi connectivity index (χ0n) is 64.0. The lowest BCUT2D eigenvalue weighted by Crippen LogP contribution is -2.65. The van der Waals surface area contributed by atoms with Crippen molar-refractivity contribution in [3.8, 4) is 0 Å². The number of aliphatic hydroxyl groups excluding tert-OH is 19. The van der Waals surface area contributed by atoms with Crippen molar-refractivity contribution in [3.63, 3.8) is 0 Å². The van der Waals surface area contributed by atoms with Gasteiger partial charge in [-0.05, 0) is 146 Å². The van der Waals surface area contributed by atoms with Crippen molar-refractivity contribution in [2.45, 2.75) is 341 Å². The Morgan fingerprint density at radius 1 is 0.413 bits per heavy atom. The van der Waals surface area contributed by atoms with Crippen LogP contribution >= 0.6 is 0 Å². The van der Waals surface area contributed by atoms with Gasteiger partial charge in [-0.2, -0.15) is 0 Å². The van der Waals surface area contributed by atoms with Crippen molar-refractivity contribution in [1.29, 1.82) is 0 Å². The molecule has 33 unspecified atom stereocenters. The third-order valence-corrected chi connectivity index (χ3v) is 20.8. The molecular weight excluding hydrogens is 1440 g/mol. The van der Waals surface area contributed by atoms with Crippen LogP contribution in [0.3, 0.4) is 0 Å². The molecule has 6 saturated heterocycles. The van der Waals surface area contributed by atoms with Gasteiger partial charge in [-0.25, -0.2) is 4.79 Å². The monoisotopic (exact) mass is 1560 g/mol. The van der Waals surface area contributed by atoms with E-state index < -0.39 is 234 Å². The van der Waals surface area contributed by atoms with Gasteiger partial charge in [0.15, 0.2) is 43.8 Å². The van der Waals surface area contributed by atoms with Crippen LogP contribution in [-0.2, 0) is 66.4 Å². The molecule has 0 radical (unpaired) electrons. The highest BCUT2D eigenvalue weighted by Crippen LogP contribution is 2.37. The van der Waals surface area contributed by atoms with Crippen molar-refractivity contribution < 1.29 is 163 Å². The molecule has 6 aliphatic heterocycles. The standard InChI is InChI=1S/C76H124O33/c1-13-75(11,108-73-62(93)57(88)53(84)47(33-78)102-73)28-18-26-39(5)22-16-24-40(6)30-45(80)31-42(8)68(96)105-66-51(82)44(10)100-72(64(66)95)106-65-49(36-98-69-60(91)55(86)50(81)43(9)99-69)104-70(63(94)59(65)90)97-35-41(7)25-17-23-37(3)20-15-21-38(4)27-19-29-76(12,14-2)109-74-67(58(89)54(85)48(34-79)103-74)107-71-61(92)56(87)52(83)46(32-77)101-71/h13-14,20,24-27,31,43-67,69-74,77-95H,1-2,15-19,21-23,28-30,32-36H2,3-12H3. The minimum absolute atomic E-state index is 0.0644. The summed E-state index contributed by atoms with van der Waals surface area (Å²) in [6.45, 7) is 22.3. The predicted molar refractivity (Wildman–Crippen MR) is 385 cm³/mol. The van der Waals surface area contributed by atoms with Crippen molar-refractivity contribution in [1.82, 2.24) is 0 Å². The molecule has 6 rings (SSSR count). The number of esters is 1. The molecule has 0 bridgehead atoms. The van der Waals surface area contributed by atoms with Crippen LogP contribution in [0.1, 0.15) is 140 Å². The molecule has 0 aromatic rings. The lowest BCUT2D eigenvalue weighted by molar-refractivity contribution is -0.375. The Bertz CT molecular complexity index is 3000. The number of rotatable bonds is 39. The maximum atomic E-state index is 13.6. The van der Waals surface area contributed by atoms with Crippen LogP contribution < -0.4 is 0 Å². The molecule has 0 saturated carbocycles. The maximum absolute atomic E-state index is 13.6. The van der Waals surface area contributed by atoms with Gasteiger partial charge in [0.1, 0.15) is 128 Å². The summed E-state index contributed by atoms with van der Waals surface area (Å²) in [5.74, 6) is -1.01. The minimum atomic E-state index is -1.94. The normalized spacial score (nSPS) is 39.8. The second-order valence-electron chi connectivity index (χ2n) is 30.0. The van der Waals surface area contributed by atoms with Crippen LogP contribution in [0, 0.1) is 0 Å². The number of hydrogen-bond donors (Lipinski definition) is 19. The molecule has 6 aliphatic rings. The fraction of sp³-hybridized carbons (Fsp3) is 0.776. The van der Waals surface area contributed by atoms with Gasteiger partial charge in [-0.15, -0.1) is 13.2 Å². The van der Waals surface area contributed by atoms with Crippen LogP contribution in [0.15, 0.2) is 95.2 Å². The summed E-state index contributed by atoms with van der Waals surface area (Å²) in [7, 11) is 0. The van der Waals surface area contributed by atoms with E-state index in [2.05, 4.69) is 19.2 Å². The molecule has 0 spiro atoms. The Kier molecular flexibility index (Phi) is 37.7. The second kappa shape index (κ2) is 43.8. The van der Waals surface area contributed by atoms with E-state index in [4.69, 9.17) is 61.6 Å². The average molecular weight is 1570 g/mol. The first-order valence-electron chi connectivity index (χ1n) is 37.3. The molecule has 0 aliphatic carbocycles. The van der Waals surface area contributed by atoms with E-state index in [9.17, 15) is 102 Å². The molecule has 0 aromatic carbocycles. The highest BCUT2D eigenvalue weighted by molar-refractivity contribution is 5.88. The summed E-state index contributed by atoms with van der Waals surface area (Å²) in [6.07, 6.45) is -28.0. The zero-order valence-corrected chi connectivity index (χ0v) is 64.0. The predicted octanol–water partition coefficient (Wildman–Crippen LogP) is -1.27. The van der Waals surface area contributed by atoms with Crippen LogP contribution in [0.2, 0.25) is 0 Å². The molecule has 109 heavy (non-hydrogen) atoms. The first-order chi connectivity index (χ1) is 51.3. The quantitative estimate of drug-likeness (QED) is 0.0194. The second-order valence-corrected chi connectivity index (χ2v) is 30.0. The zero-order chi connectivity index (χ0) is 81.1. The molecule has 33 nitrogen and oxygen atoms in total. The summed E-state index contributed by atoms with van der Waals surface area (Å²) in [5.41, 5.74) is 2.55. The van der Waals surface area contributed by atoms with Gasteiger partial charge in [0.25, 0.3) is 0 Å². The van der Waals surface area contributed by atoms with E-state index in [-0.39, 0.29) is 18.6 Å². The van der Waals surface area contributed by atoms with Crippen molar-refractivity contribution in [3.05, 3.63) is 95.2 Å². The van der Waals surface area contributed by atoms with E-state index in [1.165, 1.54) is 32.9 Å². The Morgan fingerprint density at radius 2 is 0.798 bits per heavy atom. The van der Waals surface area contributed by atoms with E-state index in [0.717, 1.165) is 27.9 Å². The summed E-state index contributed by atoms with van der Waals surface area (Å²) in [4.78, 5) is 13.6. The van der Waals surface area contributed by atoms with E-state index >= 15 is 0 Å². The number of ether oxygens (including phenoxy) is 13. The Hall–Kier alpha value is -3.85. The first-order valence-corrected chi connectivity index (χ1v) is 37.3. The first kappa shape index (κ1) is 94.0. The summed E-state index contributed by atoms with van der Waals surface area (Å²) >= 11 is 0. The van der Waals surface area contributed by atoms with Gasteiger partial charge in [0, 0.05) is 5.57 Å². The lowest BCUT2D eigenvalue weighted by Gasteiger charge is -2.47. The number of aliphatic hydroxyl groups is 19. The highest BCUT2D eigenvalue weighted by atomic mass is 16.8. The Labute approximate surface area is 636 Å². The van der Waals surface area contributed by atoms with Crippen molar-refractivity contribution in [2.24, 2.45) is 0 Å². The molecule has 33 heteroatoms. The van der Waals surface area contributed by atoms with Crippen molar-refractivity contribution in [2.75, 3.05) is 33.0 Å². The highest BCUT2D eigenvalue weighted by Gasteiger charge is 2.55. The molecule has 6 heterocycles. The van der Waals surface area contributed by atoms with Gasteiger partial charge < -0.3 is 159 Å². The topological polar surface area (TPSA) is 521 Å². The fourth-order valence-corrected chi connectivity index (χ4v) is 13.3. The van der Waals surface area contributed by atoms with Crippen LogP contribution in [0.4, 0.5) is 0 Å². The van der Waals surface area contributed by atoms with Gasteiger partial charge in [0.05, 0.1) is 62.5 Å². The van der Waals surface area contributed by atoms with E-state index in [1.807, 2.05) is 52.0 Å². The lowest BCUT2D eigenvalue weighted by atomic mass is 9.95. The maximum Gasteiger partial charge on any atom is 0.333 e. The SMILES string of the molecule is C=CC(C)(CCC=C(C)CCC=C(C)CC(O)C=C(C)C(=O)OC1C(O)C(C)OC(OC2C(COC3OC(C)C(O)C(O)C3O)OC(OCC(C)=CCCC(C)=CCCC(C)=CCCC(C)(C=C)OC3OC(CO)C(O)C(O)C3OC3OC(CO)C(O)C(O)C3O)C(O)C2O)C1O)OC1OC(CO)C(O)C(O)C1O. The third-order valence-electron chi connectivity index (χ3n) is 20.8. The summed E-state index contributed by atoms with van der Waals surface area (Å²) in [6, 6.07) is 0. The van der Waals surface area contributed by atoms with Gasteiger partial charge >= 0.3 is 5.97 Å².